The SMILES string of the molecule is CCOC(=O)Cc1csc(-c2ccc(Cl)cc2C2CC2)n1. The summed E-state index contributed by atoms with van der Waals surface area (Å²) in [6, 6.07) is 5.97. The lowest BCUT2D eigenvalue weighted by molar-refractivity contribution is -0.142. The molecule has 1 aliphatic carbocycles. The molecule has 21 heavy (non-hydrogen) atoms. The molecular formula is C16H16ClNO2S. The number of hydrogen-bond donors (Lipinski definition) is 0. The Labute approximate surface area is 132 Å². The molecule has 3 nitrogen and oxygen atoms in total. The van der Waals surface area contributed by atoms with E-state index in [2.05, 4.69) is 4.98 Å². The highest BCUT2D eigenvalue weighted by Crippen LogP contribution is 2.45. The Morgan fingerprint density at radius 1 is 1.48 bits per heavy atom. The quantitative estimate of drug-likeness (QED) is 0.764. The highest BCUT2D eigenvalue weighted by atomic mass is 35.5. The van der Waals surface area contributed by atoms with E-state index in [9.17, 15) is 4.79 Å². The van der Waals surface area contributed by atoms with Crippen molar-refractivity contribution in [2.24, 2.45) is 0 Å². The number of halogens is 1. The van der Waals surface area contributed by atoms with Gasteiger partial charge in [-0.2, -0.15) is 0 Å². The van der Waals surface area contributed by atoms with Gasteiger partial charge in [-0.3, -0.25) is 4.79 Å². The Morgan fingerprint density at radius 2 is 2.29 bits per heavy atom. The predicted octanol–water partition coefficient (Wildman–Crippen LogP) is 4.45. The largest absolute Gasteiger partial charge is 0.466 e. The van der Waals surface area contributed by atoms with Gasteiger partial charge >= 0.3 is 5.97 Å². The van der Waals surface area contributed by atoms with E-state index in [0.717, 1.165) is 21.3 Å². The molecule has 0 N–H and O–H groups in total. The molecule has 0 amide bonds. The van der Waals surface area contributed by atoms with E-state index in [1.165, 1.54) is 18.4 Å². The maximum Gasteiger partial charge on any atom is 0.311 e. The number of esters is 1. The van der Waals surface area contributed by atoms with E-state index in [0.29, 0.717) is 12.5 Å². The van der Waals surface area contributed by atoms with Gasteiger partial charge in [0.1, 0.15) is 5.01 Å². The third kappa shape index (κ3) is 3.44. The Bertz CT molecular complexity index is 664. The van der Waals surface area contributed by atoms with Crippen molar-refractivity contribution in [2.75, 3.05) is 6.61 Å². The van der Waals surface area contributed by atoms with Crippen molar-refractivity contribution < 1.29 is 9.53 Å². The fourth-order valence-corrected chi connectivity index (χ4v) is 3.38. The molecule has 2 aromatic rings. The molecule has 0 bridgehead atoms. The zero-order valence-electron chi connectivity index (χ0n) is 11.8. The van der Waals surface area contributed by atoms with Crippen LogP contribution in [-0.2, 0) is 16.0 Å². The van der Waals surface area contributed by atoms with Gasteiger partial charge in [0.05, 0.1) is 18.7 Å². The van der Waals surface area contributed by atoms with Crippen LogP contribution in [0.15, 0.2) is 23.6 Å². The molecule has 1 aliphatic rings. The van der Waals surface area contributed by atoms with Gasteiger partial charge in [-0.25, -0.2) is 4.98 Å². The van der Waals surface area contributed by atoms with Crippen LogP contribution in [0.1, 0.15) is 36.9 Å². The summed E-state index contributed by atoms with van der Waals surface area (Å²) >= 11 is 7.67. The van der Waals surface area contributed by atoms with Crippen LogP contribution in [-0.4, -0.2) is 17.6 Å². The molecular weight excluding hydrogens is 306 g/mol. The van der Waals surface area contributed by atoms with Gasteiger partial charge in [-0.05, 0) is 43.4 Å². The van der Waals surface area contributed by atoms with E-state index in [4.69, 9.17) is 16.3 Å². The highest BCUT2D eigenvalue weighted by Gasteiger charge is 2.27. The first-order valence-corrected chi connectivity index (χ1v) is 8.33. The molecule has 1 fully saturated rings. The number of ether oxygens (including phenoxy) is 1. The van der Waals surface area contributed by atoms with Crippen molar-refractivity contribution in [1.29, 1.82) is 0 Å². The number of nitrogens with zero attached hydrogens (tertiary/aromatic N) is 1. The average molecular weight is 322 g/mol. The smallest absolute Gasteiger partial charge is 0.311 e. The Kier molecular flexibility index (Phi) is 4.27. The van der Waals surface area contributed by atoms with Crippen molar-refractivity contribution >= 4 is 28.9 Å². The molecule has 5 heteroatoms. The Balaban J connectivity index is 1.84. The fraction of sp³-hybridized carbons (Fsp3) is 0.375. The minimum absolute atomic E-state index is 0.229. The van der Waals surface area contributed by atoms with Gasteiger partial charge in [-0.15, -0.1) is 11.3 Å². The normalized spacial score (nSPS) is 14.2. The number of carbonyl (C=O) groups excluding carboxylic acids is 1. The Hall–Kier alpha value is -1.39. The summed E-state index contributed by atoms with van der Waals surface area (Å²) in [6.07, 6.45) is 2.67. The van der Waals surface area contributed by atoms with Gasteiger partial charge < -0.3 is 4.74 Å². The van der Waals surface area contributed by atoms with E-state index < -0.39 is 0 Å². The topological polar surface area (TPSA) is 39.2 Å². The van der Waals surface area contributed by atoms with Crippen molar-refractivity contribution in [3.63, 3.8) is 0 Å². The molecule has 0 aliphatic heterocycles. The molecule has 1 saturated carbocycles. The number of thiazole rings is 1. The Morgan fingerprint density at radius 3 is 3.00 bits per heavy atom. The number of rotatable bonds is 5. The molecule has 0 atom stereocenters. The summed E-state index contributed by atoms with van der Waals surface area (Å²) < 4.78 is 4.96. The third-order valence-electron chi connectivity index (χ3n) is 3.44. The molecule has 0 unspecified atom stereocenters. The number of hydrogen-bond acceptors (Lipinski definition) is 4. The maximum atomic E-state index is 11.5. The minimum Gasteiger partial charge on any atom is -0.466 e. The molecule has 1 aromatic heterocycles. The zero-order valence-corrected chi connectivity index (χ0v) is 13.3. The lowest BCUT2D eigenvalue weighted by atomic mass is 10.0. The summed E-state index contributed by atoms with van der Waals surface area (Å²) in [4.78, 5) is 16.1. The second-order valence-electron chi connectivity index (χ2n) is 5.13. The van der Waals surface area contributed by atoms with Crippen molar-refractivity contribution in [2.45, 2.75) is 32.1 Å². The number of carbonyl (C=O) groups is 1. The summed E-state index contributed by atoms with van der Waals surface area (Å²) in [6.45, 7) is 2.21. The zero-order chi connectivity index (χ0) is 14.8. The van der Waals surface area contributed by atoms with Crippen LogP contribution in [0.4, 0.5) is 0 Å². The summed E-state index contributed by atoms with van der Waals surface area (Å²) in [5.41, 5.74) is 3.19. The van der Waals surface area contributed by atoms with Gasteiger partial charge in [0.2, 0.25) is 0 Å². The van der Waals surface area contributed by atoms with Crippen LogP contribution in [0.25, 0.3) is 10.6 Å². The lowest BCUT2D eigenvalue weighted by Crippen LogP contribution is -2.07. The second-order valence-corrected chi connectivity index (χ2v) is 6.43. The van der Waals surface area contributed by atoms with Gasteiger partial charge in [-0.1, -0.05) is 17.7 Å². The molecule has 0 spiro atoms. The van der Waals surface area contributed by atoms with E-state index in [1.54, 1.807) is 18.3 Å². The van der Waals surface area contributed by atoms with Crippen molar-refractivity contribution in [1.82, 2.24) is 4.98 Å². The first kappa shape index (κ1) is 14.5. The predicted molar refractivity (Wildman–Crippen MR) is 84.9 cm³/mol. The number of aromatic nitrogens is 1. The molecule has 0 saturated heterocycles. The van der Waals surface area contributed by atoms with E-state index in [-0.39, 0.29) is 12.4 Å². The standard InChI is InChI=1S/C16H16ClNO2S/c1-2-20-15(19)8-12-9-21-16(18-12)13-6-5-11(17)7-14(13)10-3-4-10/h5-7,9-10H,2-4,8H2,1H3. The fourth-order valence-electron chi connectivity index (χ4n) is 2.33. The highest BCUT2D eigenvalue weighted by molar-refractivity contribution is 7.13. The van der Waals surface area contributed by atoms with Gasteiger partial charge in [0.15, 0.2) is 0 Å². The van der Waals surface area contributed by atoms with Crippen LogP contribution in [0.3, 0.4) is 0 Å². The molecule has 110 valence electrons. The summed E-state index contributed by atoms with van der Waals surface area (Å²) in [5, 5.41) is 3.65. The van der Waals surface area contributed by atoms with E-state index >= 15 is 0 Å². The van der Waals surface area contributed by atoms with Crippen LogP contribution in [0, 0.1) is 0 Å². The number of benzene rings is 1. The summed E-state index contributed by atoms with van der Waals surface area (Å²) in [5.74, 6) is 0.379. The lowest BCUT2D eigenvalue weighted by Gasteiger charge is -2.06. The second kappa shape index (κ2) is 6.16. The maximum absolute atomic E-state index is 11.5. The van der Waals surface area contributed by atoms with E-state index in [1.807, 2.05) is 23.6 Å². The van der Waals surface area contributed by atoms with Crippen LogP contribution >= 0.6 is 22.9 Å². The van der Waals surface area contributed by atoms with Crippen LogP contribution in [0.2, 0.25) is 5.02 Å². The van der Waals surface area contributed by atoms with Crippen LogP contribution < -0.4 is 0 Å². The van der Waals surface area contributed by atoms with Crippen molar-refractivity contribution in [3.8, 4) is 10.6 Å². The third-order valence-corrected chi connectivity index (χ3v) is 4.60. The molecule has 1 aromatic carbocycles. The minimum atomic E-state index is -0.229. The molecule has 0 radical (unpaired) electrons. The molecule has 1 heterocycles. The van der Waals surface area contributed by atoms with Gasteiger partial charge in [0, 0.05) is 16.0 Å². The monoisotopic (exact) mass is 321 g/mol. The molecule has 3 rings (SSSR count). The summed E-state index contributed by atoms with van der Waals surface area (Å²) in [7, 11) is 0. The first-order valence-electron chi connectivity index (χ1n) is 7.07. The van der Waals surface area contributed by atoms with Gasteiger partial charge in [0.25, 0.3) is 0 Å². The first-order chi connectivity index (χ1) is 10.2. The average Bonchev–Trinajstić information content (AvgIpc) is 3.20. The van der Waals surface area contributed by atoms with Crippen LogP contribution in [0.5, 0.6) is 0 Å². The van der Waals surface area contributed by atoms with Crippen molar-refractivity contribution in [3.05, 3.63) is 39.9 Å².